The summed E-state index contributed by atoms with van der Waals surface area (Å²) in [4.78, 5) is 0. The molecule has 0 aliphatic heterocycles. The van der Waals surface area contributed by atoms with E-state index in [0.29, 0.717) is 7.25 Å². The fourth-order valence-electron chi connectivity index (χ4n) is 9.70. The smallest absolute Gasteiger partial charge is 1.00 e. The van der Waals surface area contributed by atoms with Crippen molar-refractivity contribution in [1.82, 2.24) is 0 Å². The first kappa shape index (κ1) is 36.9. The molecule has 8 aromatic rings. The van der Waals surface area contributed by atoms with Gasteiger partial charge in [-0.1, -0.05) is 0 Å². The van der Waals surface area contributed by atoms with E-state index in [-0.39, 0.29) is 24.8 Å². The van der Waals surface area contributed by atoms with Crippen molar-refractivity contribution in [2.75, 3.05) is 0 Å². The summed E-state index contributed by atoms with van der Waals surface area (Å²) < 4.78 is 1.16. The normalized spacial score (nSPS) is 15.5. The minimum absolute atomic E-state index is 0. The molecule has 0 N–H and O–H groups in total. The monoisotopic (exact) mass is 828 g/mol. The summed E-state index contributed by atoms with van der Waals surface area (Å²) in [5.74, 6) is 0. The van der Waals surface area contributed by atoms with E-state index in [2.05, 4.69) is 185 Å². The molecule has 2 unspecified atom stereocenters. The molecular weight excluding hydrogens is 791 g/mol. The van der Waals surface area contributed by atoms with Gasteiger partial charge in [0.05, 0.1) is 0 Å². The number of hydrogen-bond acceptors (Lipinski definition) is 0. The number of allylic oxidation sites excluding steroid dienone is 2. The van der Waals surface area contributed by atoms with Crippen LogP contribution in [0.4, 0.5) is 0 Å². The fourth-order valence-corrected chi connectivity index (χ4v) is 30.4. The maximum absolute atomic E-state index is 2.64. The predicted molar refractivity (Wildman–Crippen MR) is 224 cm³/mol. The SMILES string of the molecule is CC1=Cc2c(-c3cc4ccccc4c4ccccc34)cccc2[CH]1[Zr+2]([CH]1C(C)=Cc2c(-c3cc4ccccc4c4ccccc34)cccc21)=[Si](C)C.[Cl-].[Cl-]. The van der Waals surface area contributed by atoms with E-state index in [0.717, 1.165) is 0 Å². The summed E-state index contributed by atoms with van der Waals surface area (Å²) in [6.07, 6.45) is 5.16. The van der Waals surface area contributed by atoms with Gasteiger partial charge < -0.3 is 24.8 Å². The van der Waals surface area contributed by atoms with Crippen LogP contribution in [0, 0.1) is 0 Å². The van der Waals surface area contributed by atoms with Crippen molar-refractivity contribution < 1.29 is 45.2 Å². The van der Waals surface area contributed by atoms with Gasteiger partial charge in [-0.15, -0.1) is 0 Å². The molecular formula is C50H40Cl2SiZr. The van der Waals surface area contributed by atoms with E-state index in [4.69, 9.17) is 0 Å². The van der Waals surface area contributed by atoms with E-state index in [1.165, 1.54) is 76.5 Å². The average molecular weight is 831 g/mol. The van der Waals surface area contributed by atoms with Crippen LogP contribution in [0.2, 0.25) is 13.1 Å². The summed E-state index contributed by atoms with van der Waals surface area (Å²) in [6, 6.07) is 55.1. The Labute approximate surface area is 338 Å². The Balaban J connectivity index is 0.00000207. The zero-order valence-electron chi connectivity index (χ0n) is 30.9. The third-order valence-electron chi connectivity index (χ3n) is 11.9. The Kier molecular flexibility index (Phi) is 9.95. The van der Waals surface area contributed by atoms with E-state index in [1.54, 1.807) is 22.3 Å². The van der Waals surface area contributed by atoms with Crippen molar-refractivity contribution in [3.05, 3.63) is 179 Å². The van der Waals surface area contributed by atoms with Gasteiger partial charge in [0.15, 0.2) is 0 Å². The zero-order chi connectivity index (χ0) is 35.1. The van der Waals surface area contributed by atoms with Crippen molar-refractivity contribution in [2.24, 2.45) is 0 Å². The summed E-state index contributed by atoms with van der Waals surface area (Å²) in [5, 5.41) is 10.6. The van der Waals surface area contributed by atoms with Gasteiger partial charge in [0.1, 0.15) is 0 Å². The van der Waals surface area contributed by atoms with Crippen molar-refractivity contribution >= 4 is 60.7 Å². The Bertz CT molecular complexity index is 2720. The standard InChI is InChI=1S/2C24H17.C2H6Si.2ClH.Zr/c2*1-16-13-17-8-6-12-22(23(17)14-16)24-15-18-7-2-3-9-19(18)20-10-4-5-11-21(20)24;1-3-2;;;/h2*2-15H,1H3;1-2H3;2*1H;/q;;;;;+2/p-2. The molecule has 2 atom stereocenters. The van der Waals surface area contributed by atoms with Crippen molar-refractivity contribution in [3.63, 3.8) is 0 Å². The van der Waals surface area contributed by atoms with Crippen LogP contribution in [0.3, 0.4) is 0 Å². The number of rotatable bonds is 4. The van der Waals surface area contributed by atoms with Crippen molar-refractivity contribution in [3.8, 4) is 22.3 Å². The summed E-state index contributed by atoms with van der Waals surface area (Å²) in [5.41, 5.74) is 14.2. The van der Waals surface area contributed by atoms with Crippen LogP contribution < -0.4 is 24.8 Å². The third-order valence-corrected chi connectivity index (χ3v) is 31.8. The number of benzene rings is 8. The molecule has 10 rings (SSSR count). The molecule has 2 aliphatic carbocycles. The Hall–Kier alpha value is -4.04. The molecule has 0 nitrogen and oxygen atoms in total. The first-order valence-electron chi connectivity index (χ1n) is 18.6. The van der Waals surface area contributed by atoms with E-state index in [9.17, 15) is 0 Å². The molecule has 0 bridgehead atoms. The minimum Gasteiger partial charge on any atom is -1.00 e. The van der Waals surface area contributed by atoms with Gasteiger partial charge in [0.25, 0.3) is 0 Å². The van der Waals surface area contributed by atoms with Gasteiger partial charge in [0.2, 0.25) is 0 Å². The summed E-state index contributed by atoms with van der Waals surface area (Å²) in [6.45, 7) is 10.2. The first-order chi connectivity index (χ1) is 25.5. The van der Waals surface area contributed by atoms with E-state index < -0.39 is 25.8 Å². The maximum atomic E-state index is 2.64. The molecule has 4 heteroatoms. The van der Waals surface area contributed by atoms with Crippen LogP contribution in [0.25, 0.3) is 77.5 Å². The summed E-state index contributed by atoms with van der Waals surface area (Å²) in [7, 11) is 0. The quantitative estimate of drug-likeness (QED) is 0.124. The molecule has 0 heterocycles. The molecule has 8 aromatic carbocycles. The van der Waals surface area contributed by atoms with Crippen LogP contribution in [-0.4, -0.2) is 5.43 Å². The molecule has 0 spiro atoms. The number of fused-ring (bicyclic) bond motifs is 8. The summed E-state index contributed by atoms with van der Waals surface area (Å²) >= 11 is -2.26. The zero-order valence-corrected chi connectivity index (χ0v) is 35.9. The topological polar surface area (TPSA) is 0 Å². The van der Waals surface area contributed by atoms with Gasteiger partial charge in [-0.2, -0.15) is 0 Å². The first-order valence-corrected chi connectivity index (χ1v) is 27.6. The van der Waals surface area contributed by atoms with Gasteiger partial charge in [-0.3, -0.25) is 0 Å². The second-order valence-corrected chi connectivity index (χ2v) is 33.0. The van der Waals surface area contributed by atoms with Crippen LogP contribution in [0.15, 0.2) is 157 Å². The predicted octanol–water partition coefficient (Wildman–Crippen LogP) is 8.13. The molecule has 0 amide bonds. The molecule has 0 saturated heterocycles. The van der Waals surface area contributed by atoms with E-state index >= 15 is 0 Å². The van der Waals surface area contributed by atoms with E-state index in [1.807, 2.05) is 0 Å². The second kappa shape index (κ2) is 14.6. The number of halogens is 2. The molecule has 262 valence electrons. The third kappa shape index (κ3) is 5.72. The van der Waals surface area contributed by atoms with Gasteiger partial charge in [0, 0.05) is 0 Å². The second-order valence-electron chi connectivity index (χ2n) is 15.1. The van der Waals surface area contributed by atoms with Crippen LogP contribution in [0.5, 0.6) is 0 Å². The van der Waals surface area contributed by atoms with Crippen LogP contribution >= 0.6 is 0 Å². The average Bonchev–Trinajstić information content (AvgIpc) is 3.69. The molecule has 0 aromatic heterocycles. The number of hydrogen-bond donors (Lipinski definition) is 0. The maximum Gasteiger partial charge on any atom is -1.00 e. The molecule has 0 radical (unpaired) electrons. The Morgan fingerprint density at radius 2 is 0.778 bits per heavy atom. The van der Waals surface area contributed by atoms with Crippen LogP contribution in [-0.2, 0) is 20.4 Å². The van der Waals surface area contributed by atoms with Gasteiger partial charge >= 0.3 is 316 Å². The van der Waals surface area contributed by atoms with Crippen LogP contribution in [0.1, 0.15) is 43.4 Å². The fraction of sp³-hybridized carbons (Fsp3) is 0.120. The van der Waals surface area contributed by atoms with Gasteiger partial charge in [-0.05, 0) is 0 Å². The molecule has 2 aliphatic rings. The molecule has 0 saturated carbocycles. The molecule has 0 fully saturated rings. The Morgan fingerprint density at radius 3 is 1.19 bits per heavy atom. The van der Waals surface area contributed by atoms with Crippen molar-refractivity contribution in [2.45, 2.75) is 34.2 Å². The minimum atomic E-state index is -2.26. The Morgan fingerprint density at radius 1 is 0.407 bits per heavy atom. The van der Waals surface area contributed by atoms with Gasteiger partial charge in [-0.25, -0.2) is 0 Å². The largest absolute Gasteiger partial charge is 1.00 e. The molecule has 54 heavy (non-hydrogen) atoms. The van der Waals surface area contributed by atoms with Crippen molar-refractivity contribution in [1.29, 1.82) is 0 Å².